The van der Waals surface area contributed by atoms with Gasteiger partial charge in [0.15, 0.2) is 0 Å². The average molecular weight is 623 g/mol. The predicted octanol–water partition coefficient (Wildman–Crippen LogP) is 10.9. The summed E-state index contributed by atoms with van der Waals surface area (Å²) in [5.41, 5.74) is 2.40. The van der Waals surface area contributed by atoms with E-state index >= 15 is 0 Å². The van der Waals surface area contributed by atoms with Crippen LogP contribution < -0.4 is 0 Å². The fourth-order valence-corrected chi connectivity index (χ4v) is 9.09. The summed E-state index contributed by atoms with van der Waals surface area (Å²) < 4.78 is 26.5. The Kier molecular flexibility index (Phi) is 9.45. The Balaban J connectivity index is 1.17. The van der Waals surface area contributed by atoms with E-state index in [0.717, 1.165) is 12.8 Å². The summed E-state index contributed by atoms with van der Waals surface area (Å²) in [5, 5.41) is 7.76. The monoisotopic (exact) mass is 622 g/mol. The molecule has 0 radical (unpaired) electrons. The van der Waals surface area contributed by atoms with Crippen molar-refractivity contribution in [2.24, 2.45) is 35.5 Å². The van der Waals surface area contributed by atoms with Gasteiger partial charge in [-0.1, -0.05) is 109 Å². The first-order valence-electron chi connectivity index (χ1n) is 18.1. The number of hydrogen-bond donors (Lipinski definition) is 0. The number of hydrogen-bond acceptors (Lipinski definition) is 4. The largest absolute Gasteiger partial charge is 0.352 e. The Bertz CT molecular complexity index is 1640. The van der Waals surface area contributed by atoms with Gasteiger partial charge in [-0.2, -0.15) is 0 Å². The highest BCUT2D eigenvalue weighted by molar-refractivity contribution is 6.24. The fraction of sp³-hybridized carbons (Fsp3) is 0.571. The number of fused-ring (bicyclic) bond motifs is 2. The van der Waals surface area contributed by atoms with Crippen LogP contribution in [0, 0.1) is 35.5 Å². The first-order chi connectivity index (χ1) is 22.3. The van der Waals surface area contributed by atoms with Crippen LogP contribution in [0.15, 0.2) is 54.6 Å². The van der Waals surface area contributed by atoms with Crippen LogP contribution >= 0.6 is 0 Å². The lowest BCUT2D eigenvalue weighted by atomic mass is 9.75. The SMILES string of the molecule is CC(C)[C@@H]1CC[C@@H](C)C[C@H]1OCO[C@H]1C=Cc2c(cc3ccc4cccc5ccc2c3c45)[C@@H]1OCO[C@@H]1C[C@H](C)CC[C@H]1C(C)C. The maximum Gasteiger partial charge on any atom is 0.148 e. The van der Waals surface area contributed by atoms with Gasteiger partial charge >= 0.3 is 0 Å². The molecule has 4 aromatic rings. The molecule has 0 heterocycles. The average Bonchev–Trinajstić information content (AvgIpc) is 3.04. The lowest BCUT2D eigenvalue weighted by Crippen LogP contribution is -2.36. The highest BCUT2D eigenvalue weighted by Crippen LogP contribution is 2.44. The standard InChI is InChI=1S/C42H54O4/c1-25(2)32-15-10-27(5)20-38(32)44-23-43-37-19-18-34-35-17-14-30-9-7-8-29-12-13-31(41(35)40(29)30)22-36(34)42(37)46-24-45-39-21-28(6)11-16-33(39)26(3)4/h7-9,12-14,17-19,22,25-28,32-33,37-39,42H,10-11,15-16,20-21,23-24H2,1-6H3/t27-,28-,32+,33+,37+,38-,39-,42+/m1/s1. The summed E-state index contributed by atoms with van der Waals surface area (Å²) in [4.78, 5) is 0. The Morgan fingerprint density at radius 2 is 1.24 bits per heavy atom. The zero-order chi connectivity index (χ0) is 31.9. The molecule has 46 heavy (non-hydrogen) atoms. The lowest BCUT2D eigenvalue weighted by molar-refractivity contribution is -0.194. The third-order valence-electron chi connectivity index (χ3n) is 11.8. The molecule has 2 fully saturated rings. The summed E-state index contributed by atoms with van der Waals surface area (Å²) in [6, 6.07) is 18.0. The minimum Gasteiger partial charge on any atom is -0.352 e. The van der Waals surface area contributed by atoms with Gasteiger partial charge in [-0.15, -0.1) is 0 Å². The Morgan fingerprint density at radius 3 is 1.87 bits per heavy atom. The summed E-state index contributed by atoms with van der Waals surface area (Å²) in [5.74, 6) is 3.76. The fourth-order valence-electron chi connectivity index (χ4n) is 9.09. The van der Waals surface area contributed by atoms with Gasteiger partial charge in [-0.3, -0.25) is 0 Å². The van der Waals surface area contributed by atoms with Gasteiger partial charge in [0, 0.05) is 0 Å². The molecule has 0 aromatic heterocycles. The van der Waals surface area contributed by atoms with Gasteiger partial charge < -0.3 is 18.9 Å². The molecule has 0 saturated heterocycles. The topological polar surface area (TPSA) is 36.9 Å². The van der Waals surface area contributed by atoms with Crippen molar-refractivity contribution in [2.45, 2.75) is 104 Å². The van der Waals surface area contributed by atoms with Crippen LogP contribution in [0.5, 0.6) is 0 Å². The molecular weight excluding hydrogens is 568 g/mol. The first kappa shape index (κ1) is 32.1. The van der Waals surface area contributed by atoms with Gasteiger partial charge in [0.25, 0.3) is 0 Å². The molecule has 0 bridgehead atoms. The number of benzene rings is 4. The van der Waals surface area contributed by atoms with Crippen molar-refractivity contribution < 1.29 is 18.9 Å². The molecule has 0 aliphatic heterocycles. The van der Waals surface area contributed by atoms with E-state index in [9.17, 15) is 0 Å². The van der Waals surface area contributed by atoms with E-state index in [1.807, 2.05) is 0 Å². The van der Waals surface area contributed by atoms with E-state index < -0.39 is 0 Å². The molecule has 0 N–H and O–H groups in total. The highest BCUT2D eigenvalue weighted by atomic mass is 16.7. The van der Waals surface area contributed by atoms with Crippen LogP contribution in [0.25, 0.3) is 38.4 Å². The number of rotatable bonds is 10. The van der Waals surface area contributed by atoms with Crippen molar-refractivity contribution in [3.63, 3.8) is 0 Å². The smallest absolute Gasteiger partial charge is 0.148 e. The predicted molar refractivity (Wildman–Crippen MR) is 190 cm³/mol. The molecule has 7 rings (SSSR count). The molecule has 3 aliphatic carbocycles. The van der Waals surface area contributed by atoms with Crippen molar-refractivity contribution in [3.05, 3.63) is 65.7 Å². The van der Waals surface area contributed by atoms with Gasteiger partial charge in [-0.25, -0.2) is 0 Å². The molecule has 4 aromatic carbocycles. The lowest BCUT2D eigenvalue weighted by Gasteiger charge is -2.38. The maximum absolute atomic E-state index is 6.78. The second kappa shape index (κ2) is 13.5. The zero-order valence-corrected chi connectivity index (χ0v) is 28.8. The zero-order valence-electron chi connectivity index (χ0n) is 28.8. The molecule has 0 amide bonds. The third-order valence-corrected chi connectivity index (χ3v) is 11.8. The molecule has 8 atom stereocenters. The molecule has 4 nitrogen and oxygen atoms in total. The molecule has 0 unspecified atom stereocenters. The van der Waals surface area contributed by atoms with Gasteiger partial charge in [-0.05, 0) is 111 Å². The highest BCUT2D eigenvalue weighted by Gasteiger charge is 2.35. The van der Waals surface area contributed by atoms with Crippen LogP contribution in [0.4, 0.5) is 0 Å². The maximum atomic E-state index is 6.78. The molecule has 246 valence electrons. The Morgan fingerprint density at radius 1 is 0.652 bits per heavy atom. The minimum atomic E-state index is -0.282. The van der Waals surface area contributed by atoms with Crippen molar-refractivity contribution in [3.8, 4) is 0 Å². The second-order valence-electron chi connectivity index (χ2n) is 15.6. The van der Waals surface area contributed by atoms with Crippen molar-refractivity contribution in [2.75, 3.05) is 13.6 Å². The van der Waals surface area contributed by atoms with E-state index in [4.69, 9.17) is 18.9 Å². The van der Waals surface area contributed by atoms with E-state index in [1.165, 1.54) is 69.1 Å². The van der Waals surface area contributed by atoms with E-state index in [-0.39, 0.29) is 38.0 Å². The van der Waals surface area contributed by atoms with E-state index in [1.54, 1.807) is 0 Å². The quantitative estimate of drug-likeness (QED) is 0.130. The number of ether oxygens (including phenoxy) is 4. The Hall–Kier alpha value is -2.50. The van der Waals surface area contributed by atoms with Crippen molar-refractivity contribution >= 4 is 38.4 Å². The Labute approximate surface area is 276 Å². The molecule has 3 aliphatic rings. The second-order valence-corrected chi connectivity index (χ2v) is 15.6. The van der Waals surface area contributed by atoms with E-state index in [0.29, 0.717) is 35.5 Å². The van der Waals surface area contributed by atoms with E-state index in [2.05, 4.69) is 102 Å². The summed E-state index contributed by atoms with van der Waals surface area (Å²) in [6.07, 6.45) is 11.6. The molecule has 2 saturated carbocycles. The van der Waals surface area contributed by atoms with Crippen molar-refractivity contribution in [1.82, 2.24) is 0 Å². The van der Waals surface area contributed by atoms with Crippen molar-refractivity contribution in [1.29, 1.82) is 0 Å². The normalized spacial score (nSPS) is 30.3. The first-order valence-corrected chi connectivity index (χ1v) is 18.1. The molecule has 0 spiro atoms. The van der Waals surface area contributed by atoms with Gasteiger partial charge in [0.05, 0.1) is 12.2 Å². The third kappa shape index (κ3) is 6.23. The van der Waals surface area contributed by atoms with Crippen LogP contribution in [0.2, 0.25) is 0 Å². The van der Waals surface area contributed by atoms with Gasteiger partial charge in [0.1, 0.15) is 25.8 Å². The van der Waals surface area contributed by atoms with Crippen LogP contribution in [0.3, 0.4) is 0 Å². The summed E-state index contributed by atoms with van der Waals surface area (Å²) in [6.45, 7) is 14.6. The summed E-state index contributed by atoms with van der Waals surface area (Å²) in [7, 11) is 0. The van der Waals surface area contributed by atoms with Crippen LogP contribution in [-0.2, 0) is 18.9 Å². The van der Waals surface area contributed by atoms with Crippen LogP contribution in [-0.4, -0.2) is 31.9 Å². The van der Waals surface area contributed by atoms with Crippen LogP contribution in [0.1, 0.15) is 97.3 Å². The summed E-state index contributed by atoms with van der Waals surface area (Å²) >= 11 is 0. The minimum absolute atomic E-state index is 0.233. The molecular formula is C42H54O4. The van der Waals surface area contributed by atoms with Gasteiger partial charge in [0.2, 0.25) is 0 Å². The molecule has 4 heteroatoms.